The van der Waals surface area contributed by atoms with Gasteiger partial charge in [0.2, 0.25) is 17.8 Å². The van der Waals surface area contributed by atoms with Gasteiger partial charge in [-0.2, -0.15) is 15.0 Å². The zero-order chi connectivity index (χ0) is 21.9. The lowest BCUT2D eigenvalue weighted by Crippen LogP contribution is -2.27. The molecule has 1 N–H and O–H groups in total. The van der Waals surface area contributed by atoms with Crippen LogP contribution < -0.4 is 19.9 Å². The molecule has 32 heavy (non-hydrogen) atoms. The van der Waals surface area contributed by atoms with Crippen LogP contribution in [0.1, 0.15) is 43.1 Å². The summed E-state index contributed by atoms with van der Waals surface area (Å²) in [6, 6.07) is 7.82. The number of aromatic nitrogens is 5. The maximum Gasteiger partial charge on any atom is 0.231 e. The minimum absolute atomic E-state index is 0.207. The summed E-state index contributed by atoms with van der Waals surface area (Å²) in [5.74, 6) is 3.80. The molecule has 2 aliphatic heterocycles. The molecule has 0 aliphatic carbocycles. The molecule has 3 aromatic rings. The topological polar surface area (TPSA) is 84.2 Å². The molecule has 9 nitrogen and oxygen atoms in total. The van der Waals surface area contributed by atoms with Crippen LogP contribution in [0.3, 0.4) is 0 Å². The fourth-order valence-corrected chi connectivity index (χ4v) is 4.41. The summed E-state index contributed by atoms with van der Waals surface area (Å²) in [5, 5.41) is 3.56. The molecular formula is C23H30N8O. The fraction of sp³-hybridized carbons (Fsp3) is 0.478. The van der Waals surface area contributed by atoms with Gasteiger partial charge in [0.05, 0.1) is 7.11 Å². The minimum atomic E-state index is -0.207. The SMILES string of the molecule is COc1ccc(C(Nc2nc(N3CCCC3)nc(N3CCCC3)n2)c2nccn2C)cc1. The Bertz CT molecular complexity index is 1000. The molecule has 1 atom stereocenters. The maximum absolute atomic E-state index is 5.34. The highest BCUT2D eigenvalue weighted by Gasteiger charge is 2.24. The van der Waals surface area contributed by atoms with Gasteiger partial charge in [0.15, 0.2) is 0 Å². The Morgan fingerprint density at radius 3 is 1.97 bits per heavy atom. The standard InChI is InChI=1S/C23H30N8O/c1-29-16-11-24-20(29)19(17-7-9-18(32-2)10-8-17)25-21-26-22(30-12-3-4-13-30)28-23(27-21)31-14-5-6-15-31/h7-11,16,19H,3-6,12-15H2,1-2H3,(H,25,26,27,28). The van der Waals surface area contributed by atoms with Gasteiger partial charge in [-0.1, -0.05) is 12.1 Å². The Kier molecular flexibility index (Phi) is 5.79. The Balaban J connectivity index is 1.52. The molecule has 2 saturated heterocycles. The Hall–Kier alpha value is -3.36. The summed E-state index contributed by atoms with van der Waals surface area (Å²) in [6.45, 7) is 3.96. The van der Waals surface area contributed by atoms with Crippen molar-refractivity contribution in [2.75, 3.05) is 48.4 Å². The van der Waals surface area contributed by atoms with Gasteiger partial charge in [0.1, 0.15) is 17.6 Å². The van der Waals surface area contributed by atoms with E-state index < -0.39 is 0 Å². The molecule has 168 valence electrons. The zero-order valence-electron chi connectivity index (χ0n) is 18.7. The van der Waals surface area contributed by atoms with Gasteiger partial charge in [-0.15, -0.1) is 0 Å². The summed E-state index contributed by atoms with van der Waals surface area (Å²) in [5.41, 5.74) is 1.06. The number of benzene rings is 1. The van der Waals surface area contributed by atoms with Gasteiger partial charge < -0.3 is 24.4 Å². The second-order valence-electron chi connectivity index (χ2n) is 8.39. The monoisotopic (exact) mass is 434 g/mol. The van der Waals surface area contributed by atoms with Gasteiger partial charge >= 0.3 is 0 Å². The molecule has 0 bridgehead atoms. The molecule has 4 heterocycles. The molecule has 0 saturated carbocycles. The number of hydrogen-bond acceptors (Lipinski definition) is 8. The average molecular weight is 435 g/mol. The lowest BCUT2D eigenvalue weighted by molar-refractivity contribution is 0.414. The lowest BCUT2D eigenvalue weighted by atomic mass is 10.1. The first-order chi connectivity index (χ1) is 15.7. The van der Waals surface area contributed by atoms with E-state index in [0.29, 0.717) is 5.95 Å². The average Bonchev–Trinajstić information content (AvgIpc) is 3.61. The number of hydrogen-bond donors (Lipinski definition) is 1. The van der Waals surface area contributed by atoms with Gasteiger partial charge in [0.25, 0.3) is 0 Å². The Morgan fingerprint density at radius 2 is 1.47 bits per heavy atom. The summed E-state index contributed by atoms with van der Waals surface area (Å²) in [6.07, 6.45) is 8.47. The first-order valence-corrected chi connectivity index (χ1v) is 11.3. The van der Waals surface area contributed by atoms with E-state index in [1.54, 1.807) is 7.11 Å². The third kappa shape index (κ3) is 4.19. The number of aryl methyl sites for hydroxylation is 1. The maximum atomic E-state index is 5.34. The summed E-state index contributed by atoms with van der Waals surface area (Å²) < 4.78 is 7.36. The zero-order valence-corrected chi connectivity index (χ0v) is 18.7. The smallest absolute Gasteiger partial charge is 0.231 e. The molecule has 2 aromatic heterocycles. The van der Waals surface area contributed by atoms with Gasteiger partial charge in [-0.05, 0) is 43.4 Å². The third-order valence-corrected chi connectivity index (χ3v) is 6.23. The number of nitrogens with zero attached hydrogens (tertiary/aromatic N) is 7. The van der Waals surface area contributed by atoms with Crippen LogP contribution in [0.5, 0.6) is 5.75 Å². The van der Waals surface area contributed by atoms with Gasteiger partial charge in [-0.3, -0.25) is 0 Å². The van der Waals surface area contributed by atoms with Crippen LogP contribution in [-0.2, 0) is 7.05 Å². The minimum Gasteiger partial charge on any atom is -0.497 e. The number of ether oxygens (including phenoxy) is 1. The first kappa shape index (κ1) is 20.5. The van der Waals surface area contributed by atoms with E-state index >= 15 is 0 Å². The molecular weight excluding hydrogens is 404 g/mol. The largest absolute Gasteiger partial charge is 0.497 e. The van der Waals surface area contributed by atoms with Crippen LogP contribution in [0.15, 0.2) is 36.7 Å². The van der Waals surface area contributed by atoms with Crippen molar-refractivity contribution >= 4 is 17.8 Å². The van der Waals surface area contributed by atoms with Crippen LogP contribution >= 0.6 is 0 Å². The second-order valence-corrected chi connectivity index (χ2v) is 8.39. The third-order valence-electron chi connectivity index (χ3n) is 6.23. The van der Waals surface area contributed by atoms with Crippen molar-refractivity contribution in [2.45, 2.75) is 31.7 Å². The van der Waals surface area contributed by atoms with Crippen molar-refractivity contribution in [2.24, 2.45) is 7.05 Å². The van der Waals surface area contributed by atoms with E-state index in [4.69, 9.17) is 19.7 Å². The van der Waals surface area contributed by atoms with Crippen LogP contribution in [0.25, 0.3) is 0 Å². The molecule has 2 aliphatic rings. The lowest BCUT2D eigenvalue weighted by Gasteiger charge is -2.23. The van der Waals surface area contributed by atoms with E-state index in [2.05, 4.69) is 32.2 Å². The number of anilines is 3. The highest BCUT2D eigenvalue weighted by atomic mass is 16.5. The van der Waals surface area contributed by atoms with Gasteiger partial charge in [0, 0.05) is 45.6 Å². The second kappa shape index (κ2) is 9.02. The Labute approximate surface area is 188 Å². The van der Waals surface area contributed by atoms with Crippen molar-refractivity contribution in [3.8, 4) is 5.75 Å². The van der Waals surface area contributed by atoms with Crippen molar-refractivity contribution in [3.05, 3.63) is 48.0 Å². The van der Waals surface area contributed by atoms with Crippen LogP contribution in [0.4, 0.5) is 17.8 Å². The predicted octanol–water partition coefficient (Wildman–Crippen LogP) is 3.02. The molecule has 1 aromatic carbocycles. The highest BCUT2D eigenvalue weighted by molar-refractivity contribution is 5.48. The normalized spacial score (nSPS) is 17.1. The van der Waals surface area contributed by atoms with E-state index in [9.17, 15) is 0 Å². The predicted molar refractivity (Wildman–Crippen MR) is 124 cm³/mol. The molecule has 0 spiro atoms. The van der Waals surface area contributed by atoms with E-state index in [1.165, 1.54) is 25.7 Å². The number of imidazole rings is 1. The first-order valence-electron chi connectivity index (χ1n) is 11.3. The molecule has 9 heteroatoms. The number of rotatable bonds is 7. The van der Waals surface area contributed by atoms with Crippen LogP contribution in [-0.4, -0.2) is 57.8 Å². The van der Waals surface area contributed by atoms with E-state index in [1.807, 2.05) is 36.1 Å². The molecule has 5 rings (SSSR count). The fourth-order valence-electron chi connectivity index (χ4n) is 4.41. The van der Waals surface area contributed by atoms with Crippen molar-refractivity contribution in [3.63, 3.8) is 0 Å². The van der Waals surface area contributed by atoms with E-state index in [0.717, 1.165) is 55.2 Å². The van der Waals surface area contributed by atoms with E-state index in [-0.39, 0.29) is 6.04 Å². The van der Waals surface area contributed by atoms with Crippen molar-refractivity contribution in [1.29, 1.82) is 0 Å². The summed E-state index contributed by atoms with van der Waals surface area (Å²) in [4.78, 5) is 23.6. The quantitative estimate of drug-likeness (QED) is 0.608. The summed E-state index contributed by atoms with van der Waals surface area (Å²) in [7, 11) is 3.67. The van der Waals surface area contributed by atoms with Crippen LogP contribution in [0.2, 0.25) is 0 Å². The molecule has 0 radical (unpaired) electrons. The molecule has 1 unspecified atom stereocenters. The van der Waals surface area contributed by atoms with Crippen LogP contribution in [0, 0.1) is 0 Å². The van der Waals surface area contributed by atoms with Gasteiger partial charge in [-0.25, -0.2) is 4.98 Å². The van der Waals surface area contributed by atoms with Crippen molar-refractivity contribution < 1.29 is 4.74 Å². The summed E-state index contributed by atoms with van der Waals surface area (Å²) >= 11 is 0. The number of methoxy groups -OCH3 is 1. The number of nitrogens with one attached hydrogen (secondary N) is 1. The Morgan fingerprint density at radius 1 is 0.875 bits per heavy atom. The highest BCUT2D eigenvalue weighted by Crippen LogP contribution is 2.28. The van der Waals surface area contributed by atoms with Crippen molar-refractivity contribution in [1.82, 2.24) is 24.5 Å². The molecule has 2 fully saturated rings. The molecule has 0 amide bonds.